The Balaban J connectivity index is 2.37. The van der Waals surface area contributed by atoms with Crippen LogP contribution < -0.4 is 19.8 Å². The van der Waals surface area contributed by atoms with Gasteiger partial charge in [0.1, 0.15) is 5.52 Å². The van der Waals surface area contributed by atoms with E-state index in [0.717, 1.165) is 0 Å². The molecular weight excluding hydrogens is 300 g/mol. The molecule has 0 radical (unpaired) electrons. The Labute approximate surface area is 131 Å². The lowest BCUT2D eigenvalue weighted by Gasteiger charge is -2.13. The summed E-state index contributed by atoms with van der Waals surface area (Å²) in [5, 5.41) is 0.243. The van der Waals surface area contributed by atoms with Crippen molar-refractivity contribution >= 4 is 10.9 Å². The number of benzene rings is 1. The summed E-state index contributed by atoms with van der Waals surface area (Å²) in [5.41, 5.74) is 0.372. The molecule has 7 heteroatoms. The van der Waals surface area contributed by atoms with Crippen LogP contribution in [0.25, 0.3) is 22.4 Å². The van der Waals surface area contributed by atoms with Crippen LogP contribution in [0, 0.1) is 0 Å². The maximum absolute atomic E-state index is 12.3. The van der Waals surface area contributed by atoms with Crippen LogP contribution in [0.4, 0.5) is 0 Å². The smallest absolute Gasteiger partial charge is 0.347 e. The summed E-state index contributed by atoms with van der Waals surface area (Å²) < 4.78 is 21.2. The average molecular weight is 314 g/mol. The van der Waals surface area contributed by atoms with Crippen LogP contribution in [-0.4, -0.2) is 31.3 Å². The maximum atomic E-state index is 12.3. The van der Waals surface area contributed by atoms with E-state index in [2.05, 4.69) is 9.97 Å². The minimum atomic E-state index is -0.548. The first-order valence-corrected chi connectivity index (χ1v) is 6.73. The van der Waals surface area contributed by atoms with Gasteiger partial charge in [0.15, 0.2) is 11.5 Å². The zero-order valence-corrected chi connectivity index (χ0v) is 12.8. The third-order valence-corrected chi connectivity index (χ3v) is 3.33. The second kappa shape index (κ2) is 5.96. The van der Waals surface area contributed by atoms with E-state index in [1.165, 1.54) is 27.4 Å². The zero-order valence-electron chi connectivity index (χ0n) is 12.8. The van der Waals surface area contributed by atoms with Crippen molar-refractivity contribution in [1.82, 2.24) is 9.97 Å². The van der Waals surface area contributed by atoms with Gasteiger partial charge >= 0.3 is 5.63 Å². The Morgan fingerprint density at radius 3 is 2.48 bits per heavy atom. The van der Waals surface area contributed by atoms with Gasteiger partial charge in [-0.05, 0) is 12.1 Å². The van der Waals surface area contributed by atoms with Crippen molar-refractivity contribution in [3.8, 4) is 28.7 Å². The van der Waals surface area contributed by atoms with Crippen LogP contribution in [0.1, 0.15) is 0 Å². The summed E-state index contributed by atoms with van der Waals surface area (Å²) in [6.07, 6.45) is 3.18. The van der Waals surface area contributed by atoms with Crippen molar-refractivity contribution in [1.29, 1.82) is 0 Å². The van der Waals surface area contributed by atoms with Crippen molar-refractivity contribution < 1.29 is 18.6 Å². The van der Waals surface area contributed by atoms with Gasteiger partial charge in [0.2, 0.25) is 11.6 Å². The largest absolute Gasteiger partial charge is 0.493 e. The summed E-state index contributed by atoms with van der Waals surface area (Å²) >= 11 is 0. The van der Waals surface area contributed by atoms with Gasteiger partial charge in [0.05, 0.1) is 32.3 Å². The number of hydrogen-bond donors (Lipinski definition) is 0. The Kier molecular flexibility index (Phi) is 3.84. The van der Waals surface area contributed by atoms with E-state index < -0.39 is 5.63 Å². The molecule has 1 aromatic carbocycles. The summed E-state index contributed by atoms with van der Waals surface area (Å²) in [6, 6.07) is 4.99. The van der Waals surface area contributed by atoms with Gasteiger partial charge in [-0.2, -0.15) is 0 Å². The second-order valence-electron chi connectivity index (χ2n) is 4.59. The SMILES string of the molecule is COc1cc2c(=O)oc(-c3cccnc3)nc2c(OC)c1OC. The Bertz CT molecular complexity index is 906. The molecule has 118 valence electrons. The molecule has 0 amide bonds. The van der Waals surface area contributed by atoms with Crippen molar-refractivity contribution in [3.63, 3.8) is 0 Å². The molecule has 0 N–H and O–H groups in total. The van der Waals surface area contributed by atoms with E-state index in [1.54, 1.807) is 24.5 Å². The Hall–Kier alpha value is -3.09. The van der Waals surface area contributed by atoms with Crippen LogP contribution >= 0.6 is 0 Å². The number of rotatable bonds is 4. The van der Waals surface area contributed by atoms with E-state index in [0.29, 0.717) is 28.3 Å². The van der Waals surface area contributed by atoms with E-state index in [9.17, 15) is 4.79 Å². The number of ether oxygens (including phenoxy) is 3. The molecule has 0 spiro atoms. The van der Waals surface area contributed by atoms with Crippen LogP contribution in [0.15, 0.2) is 39.8 Å². The number of fused-ring (bicyclic) bond motifs is 1. The van der Waals surface area contributed by atoms with Gasteiger partial charge in [-0.1, -0.05) is 0 Å². The first-order valence-electron chi connectivity index (χ1n) is 6.73. The number of pyridine rings is 1. The number of methoxy groups -OCH3 is 3. The maximum Gasteiger partial charge on any atom is 0.347 e. The highest BCUT2D eigenvalue weighted by Gasteiger charge is 2.21. The molecule has 0 saturated heterocycles. The molecule has 2 aromatic heterocycles. The number of hydrogen-bond acceptors (Lipinski definition) is 7. The lowest BCUT2D eigenvalue weighted by Crippen LogP contribution is -2.06. The van der Waals surface area contributed by atoms with Crippen molar-refractivity contribution in [2.75, 3.05) is 21.3 Å². The van der Waals surface area contributed by atoms with Gasteiger partial charge in [-0.15, -0.1) is 0 Å². The fourth-order valence-electron chi connectivity index (χ4n) is 2.29. The molecule has 0 saturated carbocycles. The predicted molar refractivity (Wildman–Crippen MR) is 83.2 cm³/mol. The standard InChI is InChI=1S/C16H14N2O5/c1-20-11-7-10-12(14(22-3)13(11)21-2)18-15(23-16(10)19)9-5-4-6-17-8-9/h4-8H,1-3H3. The molecular formula is C16H14N2O5. The predicted octanol–water partition coefficient (Wildman–Crippen LogP) is 2.28. The second-order valence-corrected chi connectivity index (χ2v) is 4.59. The van der Waals surface area contributed by atoms with E-state index >= 15 is 0 Å². The fourth-order valence-corrected chi connectivity index (χ4v) is 2.29. The lowest BCUT2D eigenvalue weighted by atomic mass is 10.2. The van der Waals surface area contributed by atoms with Crippen LogP contribution in [0.2, 0.25) is 0 Å². The highest BCUT2D eigenvalue weighted by Crippen LogP contribution is 2.42. The van der Waals surface area contributed by atoms with Gasteiger partial charge in [0.25, 0.3) is 0 Å². The monoisotopic (exact) mass is 314 g/mol. The van der Waals surface area contributed by atoms with Crippen molar-refractivity contribution in [3.05, 3.63) is 41.0 Å². The fraction of sp³-hybridized carbons (Fsp3) is 0.188. The topological polar surface area (TPSA) is 83.7 Å². The molecule has 0 aliphatic carbocycles. The molecule has 2 heterocycles. The van der Waals surface area contributed by atoms with Gasteiger partial charge in [-0.25, -0.2) is 9.78 Å². The molecule has 0 atom stereocenters. The molecule has 3 aromatic rings. The molecule has 0 aliphatic heterocycles. The summed E-state index contributed by atoms with van der Waals surface area (Å²) in [4.78, 5) is 20.7. The van der Waals surface area contributed by atoms with Crippen LogP contribution in [0.3, 0.4) is 0 Å². The van der Waals surface area contributed by atoms with Gasteiger partial charge < -0.3 is 18.6 Å². The number of aromatic nitrogens is 2. The summed E-state index contributed by atoms with van der Waals surface area (Å²) in [5.74, 6) is 1.18. The average Bonchev–Trinajstić information content (AvgIpc) is 2.60. The van der Waals surface area contributed by atoms with E-state index in [4.69, 9.17) is 18.6 Å². The highest BCUT2D eigenvalue weighted by atomic mass is 16.5. The van der Waals surface area contributed by atoms with Gasteiger partial charge in [0, 0.05) is 18.5 Å². The molecule has 7 nitrogen and oxygen atoms in total. The zero-order chi connectivity index (χ0) is 16.4. The molecule has 0 bridgehead atoms. The lowest BCUT2D eigenvalue weighted by molar-refractivity contribution is 0.326. The summed E-state index contributed by atoms with van der Waals surface area (Å²) in [7, 11) is 4.43. The normalized spacial score (nSPS) is 10.6. The van der Waals surface area contributed by atoms with Crippen LogP contribution in [0.5, 0.6) is 17.2 Å². The molecule has 0 fully saturated rings. The van der Waals surface area contributed by atoms with E-state index in [1.807, 2.05) is 0 Å². The van der Waals surface area contributed by atoms with Crippen molar-refractivity contribution in [2.45, 2.75) is 0 Å². The third-order valence-electron chi connectivity index (χ3n) is 3.33. The van der Waals surface area contributed by atoms with E-state index in [-0.39, 0.29) is 11.3 Å². The van der Waals surface area contributed by atoms with Gasteiger partial charge in [-0.3, -0.25) is 4.98 Å². The van der Waals surface area contributed by atoms with Crippen molar-refractivity contribution in [2.24, 2.45) is 0 Å². The molecule has 0 unspecified atom stereocenters. The Morgan fingerprint density at radius 2 is 1.87 bits per heavy atom. The minimum absolute atomic E-state index is 0.154. The molecule has 23 heavy (non-hydrogen) atoms. The third kappa shape index (κ3) is 2.46. The number of nitrogens with zero attached hydrogens (tertiary/aromatic N) is 2. The highest BCUT2D eigenvalue weighted by molar-refractivity contribution is 5.89. The minimum Gasteiger partial charge on any atom is -0.493 e. The summed E-state index contributed by atoms with van der Waals surface area (Å²) in [6.45, 7) is 0. The first kappa shape index (κ1) is 14.8. The first-order chi connectivity index (χ1) is 11.2. The quantitative estimate of drug-likeness (QED) is 0.730. The molecule has 0 aliphatic rings. The van der Waals surface area contributed by atoms with Crippen LogP contribution in [-0.2, 0) is 0 Å². The molecule has 3 rings (SSSR count). The Morgan fingerprint density at radius 1 is 1.09 bits per heavy atom.